The van der Waals surface area contributed by atoms with Gasteiger partial charge in [-0.05, 0) is 6.08 Å². The summed E-state index contributed by atoms with van der Waals surface area (Å²) in [6.45, 7) is 0. The van der Waals surface area contributed by atoms with Crippen molar-refractivity contribution >= 4 is 23.6 Å². The number of hydrogen-bond donors (Lipinski definition) is 1. The van der Waals surface area contributed by atoms with Gasteiger partial charge in [-0.15, -0.1) is 0 Å². The summed E-state index contributed by atoms with van der Waals surface area (Å²) in [5.74, 6) is -0.588. The number of aliphatic carboxylic acids is 1. The van der Waals surface area contributed by atoms with Crippen LogP contribution in [-0.2, 0) is 4.79 Å². The van der Waals surface area contributed by atoms with Crippen molar-refractivity contribution < 1.29 is 14.3 Å². The summed E-state index contributed by atoms with van der Waals surface area (Å²) in [6, 6.07) is 1.53. The molecule has 0 saturated carbocycles. The van der Waals surface area contributed by atoms with Crippen LogP contribution in [-0.4, -0.2) is 11.1 Å². The Morgan fingerprint density at radius 1 is 1.73 bits per heavy atom. The van der Waals surface area contributed by atoms with Gasteiger partial charge in [0.1, 0.15) is 12.0 Å². The summed E-state index contributed by atoms with van der Waals surface area (Å²) < 4.78 is 4.83. The van der Waals surface area contributed by atoms with Crippen LogP contribution in [0.25, 0.3) is 6.08 Å². The molecule has 1 aromatic heterocycles. The molecular weight excluding hydrogens is 168 g/mol. The Bertz CT molecular complexity index is 288. The van der Waals surface area contributed by atoms with Crippen molar-refractivity contribution in [1.29, 1.82) is 0 Å². The van der Waals surface area contributed by atoms with Gasteiger partial charge in [0.25, 0.3) is 0 Å². The molecule has 0 radical (unpaired) electrons. The second kappa shape index (κ2) is 3.25. The number of furan rings is 1. The molecule has 0 amide bonds. The van der Waals surface area contributed by atoms with Crippen molar-refractivity contribution in [2.24, 2.45) is 0 Å². The Morgan fingerprint density at radius 3 is 2.91 bits per heavy atom. The lowest BCUT2D eigenvalue weighted by Crippen LogP contribution is -1.84. The van der Waals surface area contributed by atoms with Crippen molar-refractivity contribution in [3.63, 3.8) is 0 Å². The molecule has 1 N–H and O–H groups in total. The SMILES string of the molecule is O=C(O)/C=C/c1cc(Cl)co1. The molecule has 0 aromatic carbocycles. The van der Waals surface area contributed by atoms with Crippen LogP contribution in [0.1, 0.15) is 5.76 Å². The summed E-state index contributed by atoms with van der Waals surface area (Å²) in [6.07, 6.45) is 3.65. The van der Waals surface area contributed by atoms with E-state index in [4.69, 9.17) is 21.1 Å². The van der Waals surface area contributed by atoms with Crippen LogP contribution >= 0.6 is 11.6 Å². The van der Waals surface area contributed by atoms with E-state index < -0.39 is 5.97 Å². The molecule has 0 atom stereocenters. The molecular formula is C7H5ClO3. The minimum atomic E-state index is -1.02. The average molecular weight is 173 g/mol. The third-order valence-electron chi connectivity index (χ3n) is 0.978. The van der Waals surface area contributed by atoms with Crippen molar-refractivity contribution in [2.45, 2.75) is 0 Å². The lowest BCUT2D eigenvalue weighted by atomic mass is 10.4. The molecule has 1 aromatic rings. The van der Waals surface area contributed by atoms with Gasteiger partial charge in [0.15, 0.2) is 0 Å². The topological polar surface area (TPSA) is 50.4 Å². The van der Waals surface area contributed by atoms with Crippen LogP contribution in [0.2, 0.25) is 5.02 Å². The first-order valence-corrected chi connectivity index (χ1v) is 3.21. The van der Waals surface area contributed by atoms with Gasteiger partial charge in [0.2, 0.25) is 0 Å². The fraction of sp³-hybridized carbons (Fsp3) is 0. The van der Waals surface area contributed by atoms with Gasteiger partial charge >= 0.3 is 5.97 Å². The first-order valence-electron chi connectivity index (χ1n) is 2.83. The highest BCUT2D eigenvalue weighted by Crippen LogP contribution is 2.13. The lowest BCUT2D eigenvalue weighted by molar-refractivity contribution is -0.131. The second-order valence-corrected chi connectivity index (χ2v) is 2.28. The average Bonchev–Trinajstić information content (AvgIpc) is 2.31. The molecule has 0 saturated heterocycles. The molecule has 0 fully saturated rings. The third kappa shape index (κ3) is 2.47. The Kier molecular flexibility index (Phi) is 2.33. The first kappa shape index (κ1) is 7.88. The van der Waals surface area contributed by atoms with Crippen molar-refractivity contribution in [1.82, 2.24) is 0 Å². The first-order chi connectivity index (χ1) is 5.18. The van der Waals surface area contributed by atoms with Crippen LogP contribution in [0.15, 0.2) is 22.8 Å². The van der Waals surface area contributed by atoms with E-state index in [9.17, 15) is 4.79 Å². The van der Waals surface area contributed by atoms with Crippen molar-refractivity contribution in [3.8, 4) is 0 Å². The van der Waals surface area contributed by atoms with E-state index >= 15 is 0 Å². The normalized spacial score (nSPS) is 10.6. The summed E-state index contributed by atoms with van der Waals surface area (Å²) in [4.78, 5) is 10.0. The predicted molar refractivity (Wildman–Crippen MR) is 40.4 cm³/mol. The summed E-state index contributed by atoms with van der Waals surface area (Å²) >= 11 is 5.50. The van der Waals surface area contributed by atoms with Gasteiger partial charge in [-0.3, -0.25) is 0 Å². The van der Waals surface area contributed by atoms with Gasteiger partial charge in [0.05, 0.1) is 5.02 Å². The van der Waals surface area contributed by atoms with E-state index in [0.29, 0.717) is 10.8 Å². The number of hydrogen-bond acceptors (Lipinski definition) is 2. The predicted octanol–water partition coefficient (Wildman–Crippen LogP) is 2.03. The lowest BCUT2D eigenvalue weighted by Gasteiger charge is -1.79. The van der Waals surface area contributed by atoms with Crippen molar-refractivity contribution in [3.05, 3.63) is 29.2 Å². The van der Waals surface area contributed by atoms with E-state index in [1.54, 1.807) is 0 Å². The van der Waals surface area contributed by atoms with Gasteiger partial charge < -0.3 is 9.52 Å². The fourth-order valence-electron chi connectivity index (χ4n) is 0.569. The van der Waals surface area contributed by atoms with E-state index in [1.165, 1.54) is 18.4 Å². The van der Waals surface area contributed by atoms with E-state index in [-0.39, 0.29) is 0 Å². The summed E-state index contributed by atoms with van der Waals surface area (Å²) in [7, 11) is 0. The third-order valence-corrected chi connectivity index (χ3v) is 1.18. The highest BCUT2D eigenvalue weighted by molar-refractivity contribution is 6.30. The zero-order valence-corrected chi connectivity index (χ0v) is 6.21. The maximum absolute atomic E-state index is 10.0. The fourth-order valence-corrected chi connectivity index (χ4v) is 0.721. The van der Waals surface area contributed by atoms with E-state index in [2.05, 4.69) is 0 Å². The number of carboxylic acids is 1. The maximum atomic E-state index is 10.0. The zero-order valence-electron chi connectivity index (χ0n) is 5.45. The number of carbonyl (C=O) groups is 1. The standard InChI is InChI=1S/C7H5ClO3/c8-5-3-6(11-4-5)1-2-7(9)10/h1-4H,(H,9,10)/b2-1+. The second-order valence-electron chi connectivity index (χ2n) is 1.84. The highest BCUT2D eigenvalue weighted by atomic mass is 35.5. The van der Waals surface area contributed by atoms with Gasteiger partial charge in [-0.25, -0.2) is 4.79 Å². The molecule has 0 aliphatic carbocycles. The molecule has 4 heteroatoms. The molecule has 1 rings (SSSR count). The molecule has 58 valence electrons. The highest BCUT2D eigenvalue weighted by Gasteiger charge is 1.94. The Labute approximate surface area is 67.9 Å². The molecule has 0 unspecified atom stereocenters. The Balaban J connectivity index is 2.71. The Hall–Kier alpha value is -1.22. The number of rotatable bonds is 2. The minimum Gasteiger partial charge on any atom is -0.478 e. The van der Waals surface area contributed by atoms with Gasteiger partial charge in [-0.2, -0.15) is 0 Å². The summed E-state index contributed by atoms with van der Waals surface area (Å²) in [5, 5.41) is 8.67. The van der Waals surface area contributed by atoms with Crippen LogP contribution in [0, 0.1) is 0 Å². The van der Waals surface area contributed by atoms with Gasteiger partial charge in [-0.1, -0.05) is 11.6 Å². The van der Waals surface area contributed by atoms with Gasteiger partial charge in [0, 0.05) is 12.1 Å². The molecule has 0 spiro atoms. The molecule has 11 heavy (non-hydrogen) atoms. The van der Waals surface area contributed by atoms with Crippen LogP contribution in [0.5, 0.6) is 0 Å². The molecule has 1 heterocycles. The number of halogens is 1. The van der Waals surface area contributed by atoms with Crippen LogP contribution in [0.4, 0.5) is 0 Å². The van der Waals surface area contributed by atoms with E-state index in [1.807, 2.05) is 0 Å². The summed E-state index contributed by atoms with van der Waals surface area (Å²) in [5.41, 5.74) is 0. The Morgan fingerprint density at radius 2 is 2.45 bits per heavy atom. The smallest absolute Gasteiger partial charge is 0.328 e. The maximum Gasteiger partial charge on any atom is 0.328 e. The van der Waals surface area contributed by atoms with E-state index in [0.717, 1.165) is 6.08 Å². The number of carboxylic acid groups (broad SMARTS) is 1. The molecule has 0 bridgehead atoms. The minimum absolute atomic E-state index is 0.428. The largest absolute Gasteiger partial charge is 0.478 e. The van der Waals surface area contributed by atoms with Crippen LogP contribution in [0.3, 0.4) is 0 Å². The van der Waals surface area contributed by atoms with Crippen molar-refractivity contribution in [2.75, 3.05) is 0 Å². The zero-order chi connectivity index (χ0) is 8.27. The van der Waals surface area contributed by atoms with Crippen LogP contribution < -0.4 is 0 Å². The molecule has 3 nitrogen and oxygen atoms in total. The molecule has 0 aliphatic heterocycles. The monoisotopic (exact) mass is 172 g/mol. The molecule has 0 aliphatic rings. The quantitative estimate of drug-likeness (QED) is 0.695.